The van der Waals surface area contributed by atoms with Crippen LogP contribution in [-0.2, 0) is 9.53 Å². The van der Waals surface area contributed by atoms with E-state index in [-0.39, 0.29) is 11.8 Å². The van der Waals surface area contributed by atoms with Crippen molar-refractivity contribution in [3.05, 3.63) is 12.7 Å². The third kappa shape index (κ3) is 15.1. The van der Waals surface area contributed by atoms with E-state index in [1.54, 1.807) is 0 Å². The van der Waals surface area contributed by atoms with Crippen LogP contribution in [0.25, 0.3) is 0 Å². The van der Waals surface area contributed by atoms with Crippen molar-refractivity contribution in [1.29, 1.82) is 0 Å². The summed E-state index contributed by atoms with van der Waals surface area (Å²) in [6.45, 7) is 12.9. The molecule has 0 rings (SSSR count). The molecular formula is C28H56BrO2P. The van der Waals surface area contributed by atoms with Gasteiger partial charge in [0.15, 0.2) is 0 Å². The molecule has 0 saturated carbocycles. The van der Waals surface area contributed by atoms with Gasteiger partial charge in [-0.3, -0.25) is 0 Å². The van der Waals surface area contributed by atoms with E-state index >= 15 is 0 Å². The Morgan fingerprint density at radius 3 is 1.53 bits per heavy atom. The van der Waals surface area contributed by atoms with E-state index in [0.29, 0.717) is 0 Å². The summed E-state index contributed by atoms with van der Waals surface area (Å²) in [5, 5.41) is -2.34. The third-order valence-corrected chi connectivity index (χ3v) is 15.5. The number of rotatable bonds is 23. The Kier molecular flexibility index (Phi) is 19.5. The molecule has 1 atom stereocenters. The number of hydrogen-bond acceptors (Lipinski definition) is 2. The van der Waals surface area contributed by atoms with Gasteiger partial charge in [0.2, 0.25) is 0 Å². The number of carbonyl (C=O) groups excluding carboxylic acids is 1. The second-order valence-electron chi connectivity index (χ2n) is 10.3. The summed E-state index contributed by atoms with van der Waals surface area (Å²) in [7, 11) is 0. The number of esters is 1. The predicted molar refractivity (Wildman–Crippen MR) is 152 cm³/mol. The van der Waals surface area contributed by atoms with Gasteiger partial charge in [-0.25, -0.2) is 0 Å². The molecule has 0 aliphatic rings. The summed E-state index contributed by atoms with van der Waals surface area (Å²) in [5.41, 5.74) is 0. The van der Waals surface area contributed by atoms with E-state index in [2.05, 4.69) is 49.5 Å². The molecule has 0 spiro atoms. The van der Waals surface area contributed by atoms with Crippen LogP contribution in [0.1, 0.15) is 136 Å². The molecule has 32 heavy (non-hydrogen) atoms. The van der Waals surface area contributed by atoms with E-state index in [4.69, 9.17) is 4.74 Å². The first kappa shape index (κ1) is 32.1. The number of carbonyl (C=O) groups is 1. The molecule has 0 bridgehead atoms. The van der Waals surface area contributed by atoms with E-state index in [1.165, 1.54) is 121 Å². The summed E-state index contributed by atoms with van der Waals surface area (Å²) in [4.78, 5) is 12.3. The second-order valence-corrected chi connectivity index (χ2v) is 22.1. The fraction of sp³-hybridized carbons (Fsp3) is 0.893. The molecule has 0 aliphatic heterocycles. The minimum atomic E-state index is -2.34. The van der Waals surface area contributed by atoms with Crippen LogP contribution < -0.4 is 0 Å². The number of hydrogen-bond donors (Lipinski definition) is 0. The normalized spacial score (nSPS) is 14.0. The summed E-state index contributed by atoms with van der Waals surface area (Å²) in [6, 6.07) is 0. The Balaban J connectivity index is 5.19. The van der Waals surface area contributed by atoms with Crippen LogP contribution in [0, 0.1) is 0 Å². The quantitative estimate of drug-likeness (QED) is 0.0563. The van der Waals surface area contributed by atoms with Crippen molar-refractivity contribution in [2.75, 3.05) is 19.0 Å². The average Bonchev–Trinajstić information content (AvgIpc) is 2.77. The molecule has 192 valence electrons. The fourth-order valence-corrected chi connectivity index (χ4v) is 11.3. The predicted octanol–water partition coefficient (Wildman–Crippen LogP) is 10.6. The maximum absolute atomic E-state index is 12.3. The van der Waals surface area contributed by atoms with Crippen molar-refractivity contribution in [2.24, 2.45) is 0 Å². The van der Waals surface area contributed by atoms with Crippen LogP contribution >= 0.6 is 20.8 Å². The summed E-state index contributed by atoms with van der Waals surface area (Å²) < 4.78 is 6.12. The fourth-order valence-electron chi connectivity index (χ4n) is 4.70. The van der Waals surface area contributed by atoms with Crippen molar-refractivity contribution in [3.8, 4) is 0 Å². The summed E-state index contributed by atoms with van der Waals surface area (Å²) in [5.74, 6) is -0.218. The molecule has 0 aromatic heterocycles. The molecule has 0 fully saturated rings. The molecule has 1 unspecified atom stereocenters. The van der Waals surface area contributed by atoms with Gasteiger partial charge in [-0.15, -0.1) is 0 Å². The zero-order valence-electron chi connectivity index (χ0n) is 22.1. The summed E-state index contributed by atoms with van der Waals surface area (Å²) in [6.07, 6.45) is 26.7. The van der Waals surface area contributed by atoms with Crippen LogP contribution in [0.3, 0.4) is 0 Å². The van der Waals surface area contributed by atoms with Gasteiger partial charge in [0.1, 0.15) is 0 Å². The molecule has 0 aliphatic carbocycles. The monoisotopic (exact) mass is 534 g/mol. The van der Waals surface area contributed by atoms with Gasteiger partial charge in [-0.2, -0.15) is 0 Å². The zero-order chi connectivity index (χ0) is 24.2. The van der Waals surface area contributed by atoms with E-state index in [1.807, 2.05) is 0 Å². The summed E-state index contributed by atoms with van der Waals surface area (Å²) >= 11 is 4.38. The molecule has 2 nitrogen and oxygen atoms in total. The molecule has 0 aromatic rings. The second kappa shape index (κ2) is 19.4. The molecule has 4 heteroatoms. The molecule has 0 heterocycles. The average molecular weight is 536 g/mol. The van der Waals surface area contributed by atoms with Crippen molar-refractivity contribution >= 4 is 26.8 Å². The van der Waals surface area contributed by atoms with Crippen molar-refractivity contribution in [3.63, 3.8) is 0 Å². The first-order valence-electron chi connectivity index (χ1n) is 13.9. The molecule has 0 amide bonds. The van der Waals surface area contributed by atoms with E-state index < -0.39 is 5.31 Å². The maximum atomic E-state index is 12.3. The topological polar surface area (TPSA) is 26.3 Å². The number of halogens is 1. The molecule has 0 saturated heterocycles. The number of unbranched alkanes of at least 4 members (excludes halogenated alkanes) is 14. The Morgan fingerprint density at radius 1 is 0.750 bits per heavy atom. The van der Waals surface area contributed by atoms with Crippen LogP contribution in [0.4, 0.5) is 0 Å². The van der Waals surface area contributed by atoms with Gasteiger partial charge in [0.05, 0.1) is 0 Å². The van der Waals surface area contributed by atoms with Gasteiger partial charge in [-0.1, -0.05) is 0 Å². The molecular weight excluding hydrogens is 479 g/mol. The van der Waals surface area contributed by atoms with Gasteiger partial charge >= 0.3 is 210 Å². The van der Waals surface area contributed by atoms with Gasteiger partial charge < -0.3 is 0 Å². The molecule has 0 radical (unpaired) electrons. The Morgan fingerprint density at radius 2 is 1.12 bits per heavy atom. The van der Waals surface area contributed by atoms with Crippen LogP contribution in [0.5, 0.6) is 0 Å². The van der Waals surface area contributed by atoms with E-state index in [0.717, 1.165) is 12.8 Å². The van der Waals surface area contributed by atoms with Crippen LogP contribution in [0.2, 0.25) is 0 Å². The standard InChI is InChI=1S/C28H56BrO2P/c1-6-10-13-16-19-22-25-32(5,29,26-23-20-17-14-11-7-2)28(31-27(30)9-4)24-21-18-15-12-8-3/h9,28H,4,6-8,10-26H2,1-3,5H3. The number of ether oxygens (including phenoxy) is 1. The minimum absolute atomic E-state index is 0.0272. The first-order chi connectivity index (χ1) is 15.3. The van der Waals surface area contributed by atoms with Gasteiger partial charge in [-0.05, 0) is 0 Å². The third-order valence-electron chi connectivity index (χ3n) is 6.99. The van der Waals surface area contributed by atoms with Gasteiger partial charge in [0, 0.05) is 0 Å². The van der Waals surface area contributed by atoms with Crippen LogP contribution in [0.15, 0.2) is 12.7 Å². The Bertz CT molecular complexity index is 458. The zero-order valence-corrected chi connectivity index (χ0v) is 24.6. The van der Waals surface area contributed by atoms with Crippen LogP contribution in [-0.4, -0.2) is 30.8 Å². The van der Waals surface area contributed by atoms with Crippen molar-refractivity contribution in [1.82, 2.24) is 0 Å². The Labute approximate surface area is 209 Å². The first-order valence-corrected chi connectivity index (χ1v) is 19.0. The SMILES string of the molecule is C=CC(=O)OC(CCCCCCC)P(C)(Br)(CCCCCCCC)CCCCCCCC. The Hall–Kier alpha value is 0.120. The molecule has 0 N–H and O–H groups in total. The van der Waals surface area contributed by atoms with E-state index in [9.17, 15) is 4.79 Å². The molecule has 0 aromatic carbocycles. The van der Waals surface area contributed by atoms with Crippen molar-refractivity contribution < 1.29 is 9.53 Å². The van der Waals surface area contributed by atoms with Crippen molar-refractivity contribution in [2.45, 2.75) is 142 Å². The van der Waals surface area contributed by atoms with Gasteiger partial charge in [0.25, 0.3) is 0 Å².